The average Bonchev–Trinajstić information content (AvgIpc) is 2.97. The fraction of sp³-hybridized carbons (Fsp3) is 0.154. The molecule has 0 saturated heterocycles. The van der Waals surface area contributed by atoms with Crippen molar-refractivity contribution in [2.45, 2.75) is 0 Å². The molecule has 0 radical (unpaired) electrons. The van der Waals surface area contributed by atoms with Crippen LogP contribution in [0.15, 0.2) is 30.5 Å². The van der Waals surface area contributed by atoms with Crippen LogP contribution in [0.5, 0.6) is 11.8 Å². The lowest BCUT2D eigenvalue weighted by Crippen LogP contribution is -2.05. The Balaban J connectivity index is 2.16. The van der Waals surface area contributed by atoms with Crippen molar-refractivity contribution in [3.63, 3.8) is 0 Å². The summed E-state index contributed by atoms with van der Waals surface area (Å²) < 4.78 is 11.7. The number of non-ortho nitro benzene ring substituents is 1. The Hall–Kier alpha value is -3.23. The number of fused-ring (bicyclic) bond motifs is 1. The number of nitrogens with zero attached hydrogens (tertiary/aromatic N) is 5. The van der Waals surface area contributed by atoms with E-state index in [1.54, 1.807) is 12.1 Å². The molecule has 0 N–H and O–H groups in total. The quantitative estimate of drug-likeness (QED) is 0.533. The zero-order chi connectivity index (χ0) is 15.7. The first-order chi connectivity index (χ1) is 10.6. The smallest absolute Gasteiger partial charge is 0.270 e. The molecule has 2 heterocycles. The number of methoxy groups -OCH3 is 2. The van der Waals surface area contributed by atoms with Crippen molar-refractivity contribution in [3.05, 3.63) is 40.6 Å². The highest BCUT2D eigenvalue weighted by Gasteiger charge is 2.14. The Morgan fingerprint density at radius 3 is 2.41 bits per heavy atom. The molecule has 9 heteroatoms. The van der Waals surface area contributed by atoms with E-state index in [0.717, 1.165) is 0 Å². The number of hydrogen-bond donors (Lipinski definition) is 0. The molecule has 0 saturated carbocycles. The fourth-order valence-corrected chi connectivity index (χ4v) is 1.99. The van der Waals surface area contributed by atoms with Crippen molar-refractivity contribution in [2.75, 3.05) is 14.2 Å². The summed E-state index contributed by atoms with van der Waals surface area (Å²) in [5.41, 5.74) is 0.636. The lowest BCUT2D eigenvalue weighted by Gasteiger charge is -2.06. The predicted molar refractivity (Wildman–Crippen MR) is 76.4 cm³/mol. The monoisotopic (exact) mass is 301 g/mol. The zero-order valence-corrected chi connectivity index (χ0v) is 11.8. The minimum atomic E-state index is -0.456. The molecule has 0 unspecified atom stereocenters. The van der Waals surface area contributed by atoms with E-state index in [0.29, 0.717) is 22.7 Å². The van der Waals surface area contributed by atoms with Crippen molar-refractivity contribution in [1.29, 1.82) is 0 Å². The van der Waals surface area contributed by atoms with Crippen molar-refractivity contribution in [1.82, 2.24) is 19.7 Å². The van der Waals surface area contributed by atoms with Crippen LogP contribution >= 0.6 is 0 Å². The van der Waals surface area contributed by atoms with Gasteiger partial charge in [-0.3, -0.25) is 10.1 Å². The van der Waals surface area contributed by atoms with Crippen LogP contribution in [-0.2, 0) is 0 Å². The van der Waals surface area contributed by atoms with E-state index in [-0.39, 0.29) is 11.6 Å². The minimum absolute atomic E-state index is 0.00353. The van der Waals surface area contributed by atoms with Gasteiger partial charge in [-0.05, 0) is 6.07 Å². The van der Waals surface area contributed by atoms with Crippen LogP contribution in [0.2, 0.25) is 0 Å². The number of hydrogen-bond acceptors (Lipinski definition) is 7. The molecule has 3 rings (SSSR count). The van der Waals surface area contributed by atoms with Crippen LogP contribution in [0.25, 0.3) is 16.9 Å². The maximum Gasteiger partial charge on any atom is 0.270 e. The van der Waals surface area contributed by atoms with Gasteiger partial charge in [0.1, 0.15) is 0 Å². The molecule has 0 amide bonds. The van der Waals surface area contributed by atoms with Gasteiger partial charge in [0.2, 0.25) is 11.8 Å². The first-order valence-corrected chi connectivity index (χ1v) is 6.22. The van der Waals surface area contributed by atoms with Crippen LogP contribution in [-0.4, -0.2) is 38.9 Å². The van der Waals surface area contributed by atoms with Crippen LogP contribution in [0, 0.1) is 10.1 Å². The van der Waals surface area contributed by atoms with Gasteiger partial charge in [0, 0.05) is 17.5 Å². The van der Waals surface area contributed by atoms with Gasteiger partial charge >= 0.3 is 0 Å². The van der Waals surface area contributed by atoms with Gasteiger partial charge in [-0.2, -0.15) is 19.7 Å². The van der Waals surface area contributed by atoms with Crippen molar-refractivity contribution >= 4 is 16.6 Å². The highest BCUT2D eigenvalue weighted by molar-refractivity contribution is 5.82. The molecule has 0 aliphatic rings. The third kappa shape index (κ3) is 2.28. The summed E-state index contributed by atoms with van der Waals surface area (Å²) in [6.45, 7) is 0. The summed E-state index contributed by atoms with van der Waals surface area (Å²) in [5.74, 6) is 0.903. The second-order valence-electron chi connectivity index (χ2n) is 4.31. The molecule has 3 aromatic rings. The highest BCUT2D eigenvalue weighted by atomic mass is 16.6. The number of ether oxygens (including phenoxy) is 2. The van der Waals surface area contributed by atoms with E-state index >= 15 is 0 Å². The Labute approximate surface area is 124 Å². The highest BCUT2D eigenvalue weighted by Crippen LogP contribution is 2.24. The number of nitro groups is 1. The fourth-order valence-electron chi connectivity index (χ4n) is 1.99. The molecule has 0 aliphatic carbocycles. The van der Waals surface area contributed by atoms with E-state index in [1.807, 2.05) is 0 Å². The number of rotatable bonds is 4. The minimum Gasteiger partial charge on any atom is -0.481 e. The molecule has 0 aliphatic heterocycles. The van der Waals surface area contributed by atoms with E-state index in [9.17, 15) is 10.1 Å². The summed E-state index contributed by atoms with van der Waals surface area (Å²) in [6.07, 6.45) is 1.51. The number of nitro benzene ring substituents is 1. The molecule has 9 nitrogen and oxygen atoms in total. The summed E-state index contributed by atoms with van der Waals surface area (Å²) in [5, 5.41) is 15.6. The standard InChI is InChI=1S/C13H11N5O4/c1-21-11-6-12(22-2)16-13(15-11)17-10-4-3-9(18(19)20)5-8(10)7-14-17/h3-7H,1-2H3. The van der Waals surface area contributed by atoms with Gasteiger partial charge in [-0.1, -0.05) is 0 Å². The molecule has 0 fully saturated rings. The Morgan fingerprint density at radius 1 is 1.14 bits per heavy atom. The summed E-state index contributed by atoms with van der Waals surface area (Å²) >= 11 is 0. The van der Waals surface area contributed by atoms with E-state index in [1.165, 1.54) is 37.2 Å². The molecule has 0 spiro atoms. The van der Waals surface area contributed by atoms with Gasteiger partial charge in [0.15, 0.2) is 0 Å². The van der Waals surface area contributed by atoms with Crippen LogP contribution < -0.4 is 9.47 Å². The Kier molecular flexibility index (Phi) is 3.30. The molecule has 0 bridgehead atoms. The average molecular weight is 301 g/mol. The topological polar surface area (TPSA) is 105 Å². The van der Waals surface area contributed by atoms with Crippen molar-refractivity contribution < 1.29 is 14.4 Å². The summed E-state index contributed by atoms with van der Waals surface area (Å²) in [4.78, 5) is 18.8. The summed E-state index contributed by atoms with van der Waals surface area (Å²) in [6, 6.07) is 5.98. The molecule has 1 aromatic carbocycles. The molecule has 2 aromatic heterocycles. The maximum atomic E-state index is 10.8. The second-order valence-corrected chi connectivity index (χ2v) is 4.31. The first kappa shape index (κ1) is 13.7. The van der Waals surface area contributed by atoms with Gasteiger partial charge < -0.3 is 9.47 Å². The molecule has 0 atom stereocenters. The predicted octanol–water partition coefficient (Wildman–Crippen LogP) is 1.74. The largest absolute Gasteiger partial charge is 0.481 e. The number of aromatic nitrogens is 4. The first-order valence-electron chi connectivity index (χ1n) is 6.22. The second kappa shape index (κ2) is 5.28. The van der Waals surface area contributed by atoms with Gasteiger partial charge in [0.05, 0.1) is 36.9 Å². The van der Waals surface area contributed by atoms with Gasteiger partial charge in [0.25, 0.3) is 11.6 Å². The SMILES string of the molecule is COc1cc(OC)nc(-n2ncc3cc([N+](=O)[O-])ccc32)n1. The molecular weight excluding hydrogens is 290 g/mol. The maximum absolute atomic E-state index is 10.8. The third-order valence-corrected chi connectivity index (χ3v) is 3.04. The Morgan fingerprint density at radius 2 is 1.82 bits per heavy atom. The van der Waals surface area contributed by atoms with E-state index < -0.39 is 4.92 Å². The third-order valence-electron chi connectivity index (χ3n) is 3.04. The van der Waals surface area contributed by atoms with E-state index in [4.69, 9.17) is 9.47 Å². The molecule has 22 heavy (non-hydrogen) atoms. The van der Waals surface area contributed by atoms with Gasteiger partial charge in [-0.25, -0.2) is 0 Å². The van der Waals surface area contributed by atoms with Gasteiger partial charge in [-0.15, -0.1) is 0 Å². The normalized spacial score (nSPS) is 10.6. The molecule has 112 valence electrons. The lowest BCUT2D eigenvalue weighted by atomic mass is 10.2. The van der Waals surface area contributed by atoms with Crippen molar-refractivity contribution in [3.8, 4) is 17.7 Å². The van der Waals surface area contributed by atoms with Crippen LogP contribution in [0.3, 0.4) is 0 Å². The molecular formula is C13H11N5O4. The van der Waals surface area contributed by atoms with Crippen molar-refractivity contribution in [2.24, 2.45) is 0 Å². The van der Waals surface area contributed by atoms with Crippen LogP contribution in [0.4, 0.5) is 5.69 Å². The van der Waals surface area contributed by atoms with E-state index in [2.05, 4.69) is 15.1 Å². The van der Waals surface area contributed by atoms with Crippen LogP contribution in [0.1, 0.15) is 0 Å². The Bertz CT molecular complexity index is 839. The lowest BCUT2D eigenvalue weighted by molar-refractivity contribution is -0.384. The summed E-state index contributed by atoms with van der Waals surface area (Å²) in [7, 11) is 2.96. The number of benzene rings is 1. The zero-order valence-electron chi connectivity index (χ0n) is 11.8.